The minimum absolute atomic E-state index is 0.312. The van der Waals surface area contributed by atoms with Gasteiger partial charge in [0.2, 0.25) is 0 Å². The summed E-state index contributed by atoms with van der Waals surface area (Å²) in [5.41, 5.74) is 5.88. The SMILES string of the molecule is COc1ccc(I)c2sc(C(N)=O)nc12. The number of halogens is 1. The molecule has 1 heterocycles. The van der Waals surface area contributed by atoms with Crippen LogP contribution in [-0.2, 0) is 0 Å². The lowest BCUT2D eigenvalue weighted by molar-refractivity contribution is 0.1000. The second kappa shape index (κ2) is 3.93. The summed E-state index contributed by atoms with van der Waals surface area (Å²) >= 11 is 3.48. The lowest BCUT2D eigenvalue weighted by atomic mass is 10.3. The Morgan fingerprint density at radius 1 is 1.60 bits per heavy atom. The van der Waals surface area contributed by atoms with Gasteiger partial charge in [-0.1, -0.05) is 0 Å². The summed E-state index contributed by atoms with van der Waals surface area (Å²) in [5, 5.41) is 0.312. The fourth-order valence-corrected chi connectivity index (χ4v) is 2.83. The molecule has 0 unspecified atom stereocenters. The molecule has 15 heavy (non-hydrogen) atoms. The molecule has 78 valence electrons. The Labute approximate surface area is 104 Å². The monoisotopic (exact) mass is 334 g/mol. The summed E-state index contributed by atoms with van der Waals surface area (Å²) in [6.45, 7) is 0. The van der Waals surface area contributed by atoms with Gasteiger partial charge in [-0.15, -0.1) is 11.3 Å². The lowest BCUT2D eigenvalue weighted by Crippen LogP contribution is -2.09. The number of carbonyl (C=O) groups is 1. The number of hydrogen-bond donors (Lipinski definition) is 1. The maximum Gasteiger partial charge on any atom is 0.277 e. The van der Waals surface area contributed by atoms with Crippen molar-refractivity contribution in [2.75, 3.05) is 7.11 Å². The molecule has 1 aromatic heterocycles. The summed E-state index contributed by atoms with van der Waals surface area (Å²) in [6, 6.07) is 3.75. The number of aromatic nitrogens is 1. The van der Waals surface area contributed by atoms with Crippen LogP contribution in [0, 0.1) is 3.57 Å². The average molecular weight is 334 g/mol. The van der Waals surface area contributed by atoms with Crippen molar-refractivity contribution in [3.63, 3.8) is 0 Å². The number of thiazole rings is 1. The highest BCUT2D eigenvalue weighted by atomic mass is 127. The third kappa shape index (κ3) is 1.78. The largest absolute Gasteiger partial charge is 0.494 e. The molecule has 0 aliphatic heterocycles. The van der Waals surface area contributed by atoms with Crippen LogP contribution in [0.3, 0.4) is 0 Å². The number of methoxy groups -OCH3 is 1. The molecule has 2 rings (SSSR count). The minimum atomic E-state index is -0.506. The van der Waals surface area contributed by atoms with E-state index in [0.29, 0.717) is 16.3 Å². The zero-order chi connectivity index (χ0) is 11.0. The maximum atomic E-state index is 11.0. The van der Waals surface area contributed by atoms with Crippen LogP contribution in [0.15, 0.2) is 12.1 Å². The number of nitrogens with zero attached hydrogens (tertiary/aromatic N) is 1. The van der Waals surface area contributed by atoms with Crippen LogP contribution in [0.4, 0.5) is 0 Å². The van der Waals surface area contributed by atoms with Crippen molar-refractivity contribution in [1.82, 2.24) is 4.98 Å². The van der Waals surface area contributed by atoms with E-state index in [1.807, 2.05) is 12.1 Å². The van der Waals surface area contributed by atoms with E-state index in [-0.39, 0.29) is 0 Å². The van der Waals surface area contributed by atoms with E-state index in [1.165, 1.54) is 11.3 Å². The van der Waals surface area contributed by atoms with E-state index in [1.54, 1.807) is 7.11 Å². The molecule has 0 aliphatic carbocycles. The van der Waals surface area contributed by atoms with Crippen molar-refractivity contribution in [2.45, 2.75) is 0 Å². The molecule has 0 atom stereocenters. The number of carbonyl (C=O) groups excluding carboxylic acids is 1. The lowest BCUT2D eigenvalue weighted by Gasteiger charge is -2.00. The Kier molecular flexibility index (Phi) is 2.79. The summed E-state index contributed by atoms with van der Waals surface area (Å²) < 4.78 is 7.13. The van der Waals surface area contributed by atoms with E-state index in [4.69, 9.17) is 10.5 Å². The second-order valence-electron chi connectivity index (χ2n) is 2.81. The highest BCUT2D eigenvalue weighted by molar-refractivity contribution is 14.1. The van der Waals surface area contributed by atoms with Gasteiger partial charge in [-0.05, 0) is 34.7 Å². The van der Waals surface area contributed by atoms with Gasteiger partial charge in [-0.3, -0.25) is 4.79 Å². The van der Waals surface area contributed by atoms with E-state index >= 15 is 0 Å². The minimum Gasteiger partial charge on any atom is -0.494 e. The molecule has 0 bridgehead atoms. The van der Waals surface area contributed by atoms with Crippen molar-refractivity contribution >= 4 is 50.1 Å². The number of hydrogen-bond acceptors (Lipinski definition) is 4. The number of amides is 1. The number of nitrogens with two attached hydrogens (primary N) is 1. The highest BCUT2D eigenvalue weighted by Crippen LogP contribution is 2.33. The van der Waals surface area contributed by atoms with Crippen LogP contribution in [0.5, 0.6) is 5.75 Å². The average Bonchev–Trinajstić information content (AvgIpc) is 2.64. The number of rotatable bonds is 2. The first-order valence-electron chi connectivity index (χ1n) is 4.06. The molecule has 0 spiro atoms. The summed E-state index contributed by atoms with van der Waals surface area (Å²) in [5.74, 6) is 0.156. The highest BCUT2D eigenvalue weighted by Gasteiger charge is 2.14. The molecule has 6 heteroatoms. The zero-order valence-corrected chi connectivity index (χ0v) is 10.8. The summed E-state index contributed by atoms with van der Waals surface area (Å²) in [4.78, 5) is 15.2. The van der Waals surface area contributed by atoms with Crippen LogP contribution < -0.4 is 10.5 Å². The first-order valence-corrected chi connectivity index (χ1v) is 5.96. The zero-order valence-electron chi connectivity index (χ0n) is 7.78. The van der Waals surface area contributed by atoms with Gasteiger partial charge in [-0.25, -0.2) is 4.98 Å². The number of benzene rings is 1. The van der Waals surface area contributed by atoms with Gasteiger partial charge >= 0.3 is 0 Å². The Morgan fingerprint density at radius 3 is 2.93 bits per heavy atom. The van der Waals surface area contributed by atoms with Crippen LogP contribution in [0.1, 0.15) is 9.80 Å². The summed E-state index contributed by atoms with van der Waals surface area (Å²) in [6.07, 6.45) is 0. The van der Waals surface area contributed by atoms with Crippen LogP contribution in [0.2, 0.25) is 0 Å². The molecule has 0 aliphatic rings. The fraction of sp³-hybridized carbons (Fsp3) is 0.111. The van der Waals surface area contributed by atoms with Crippen LogP contribution >= 0.6 is 33.9 Å². The topological polar surface area (TPSA) is 65.2 Å². The van der Waals surface area contributed by atoms with Crippen molar-refractivity contribution in [1.29, 1.82) is 0 Å². The molecule has 2 N–H and O–H groups in total. The van der Waals surface area contributed by atoms with Gasteiger partial charge in [0.15, 0.2) is 5.01 Å². The van der Waals surface area contributed by atoms with Crippen molar-refractivity contribution in [3.05, 3.63) is 20.7 Å². The van der Waals surface area contributed by atoms with E-state index in [2.05, 4.69) is 27.6 Å². The van der Waals surface area contributed by atoms with Gasteiger partial charge < -0.3 is 10.5 Å². The Balaban J connectivity index is 2.77. The number of primary amides is 1. The second-order valence-corrected chi connectivity index (χ2v) is 4.97. The molecule has 0 radical (unpaired) electrons. The smallest absolute Gasteiger partial charge is 0.277 e. The maximum absolute atomic E-state index is 11.0. The molecule has 1 amide bonds. The Bertz CT molecular complexity index is 538. The fourth-order valence-electron chi connectivity index (χ4n) is 1.22. The number of ether oxygens (including phenoxy) is 1. The molecule has 2 aromatic rings. The van der Waals surface area contributed by atoms with E-state index in [0.717, 1.165) is 8.27 Å². The van der Waals surface area contributed by atoms with E-state index < -0.39 is 5.91 Å². The van der Waals surface area contributed by atoms with Gasteiger partial charge in [0, 0.05) is 3.57 Å². The normalized spacial score (nSPS) is 10.5. The van der Waals surface area contributed by atoms with Crippen molar-refractivity contribution in [2.24, 2.45) is 5.73 Å². The molecule has 1 aromatic carbocycles. The van der Waals surface area contributed by atoms with Gasteiger partial charge in [-0.2, -0.15) is 0 Å². The molecule has 0 fully saturated rings. The third-order valence-electron chi connectivity index (χ3n) is 1.89. The number of fused-ring (bicyclic) bond motifs is 1. The Morgan fingerprint density at radius 2 is 2.33 bits per heavy atom. The standard InChI is InChI=1S/C9H7IN2O2S/c1-14-5-3-2-4(10)7-6(5)12-9(15-7)8(11)13/h2-3H,1H3,(H2,11,13). The molecule has 0 saturated heterocycles. The quantitative estimate of drug-likeness (QED) is 0.855. The molecule has 4 nitrogen and oxygen atoms in total. The first kappa shape index (κ1) is 10.6. The van der Waals surface area contributed by atoms with E-state index in [9.17, 15) is 4.79 Å². The Hall–Kier alpha value is -0.890. The molecular weight excluding hydrogens is 327 g/mol. The first-order chi connectivity index (χ1) is 7.13. The van der Waals surface area contributed by atoms with Crippen LogP contribution in [0.25, 0.3) is 10.2 Å². The predicted molar refractivity (Wildman–Crippen MR) is 67.4 cm³/mol. The summed E-state index contributed by atoms with van der Waals surface area (Å²) in [7, 11) is 1.57. The van der Waals surface area contributed by atoms with Crippen LogP contribution in [-0.4, -0.2) is 18.0 Å². The van der Waals surface area contributed by atoms with Gasteiger partial charge in [0.05, 0.1) is 11.8 Å². The molecule has 0 saturated carbocycles. The van der Waals surface area contributed by atoms with Crippen molar-refractivity contribution in [3.8, 4) is 5.75 Å². The molecular formula is C9H7IN2O2S. The van der Waals surface area contributed by atoms with Gasteiger partial charge in [0.1, 0.15) is 11.3 Å². The predicted octanol–water partition coefficient (Wildman–Crippen LogP) is 2.01. The third-order valence-corrected chi connectivity index (χ3v) is 4.26. The van der Waals surface area contributed by atoms with Crippen molar-refractivity contribution < 1.29 is 9.53 Å². The van der Waals surface area contributed by atoms with Gasteiger partial charge in [0.25, 0.3) is 5.91 Å².